The largest absolute Gasteiger partial charge is 0.478 e. The van der Waals surface area contributed by atoms with E-state index in [1.54, 1.807) is 31.2 Å². The van der Waals surface area contributed by atoms with Gasteiger partial charge in [0.25, 0.3) is 5.91 Å². The number of rotatable bonds is 3. The summed E-state index contributed by atoms with van der Waals surface area (Å²) in [6.07, 6.45) is 1.17. The van der Waals surface area contributed by atoms with E-state index in [2.05, 4.69) is 0 Å². The first kappa shape index (κ1) is 13.0. The molecule has 1 aliphatic heterocycles. The van der Waals surface area contributed by atoms with E-state index in [1.807, 2.05) is 0 Å². The number of carboxylic acid groups (broad SMARTS) is 1. The average Bonchev–Trinajstić information content (AvgIpc) is 2.33. The van der Waals surface area contributed by atoms with Crippen molar-refractivity contribution in [3.8, 4) is 0 Å². The maximum absolute atomic E-state index is 12.2. The molecule has 5 nitrogen and oxygen atoms in total. The quantitative estimate of drug-likeness (QED) is 0.654. The number of benzene rings is 1. The van der Waals surface area contributed by atoms with Gasteiger partial charge < -0.3 is 5.11 Å². The van der Waals surface area contributed by atoms with Gasteiger partial charge in [-0.05, 0) is 24.1 Å². The molecule has 1 N–H and O–H groups in total. The zero-order valence-electron chi connectivity index (χ0n) is 10.4. The minimum absolute atomic E-state index is 0.0122. The highest BCUT2D eigenvalue weighted by Crippen LogP contribution is 2.20. The Morgan fingerprint density at radius 2 is 2.05 bits per heavy atom. The van der Waals surface area contributed by atoms with E-state index in [0.717, 1.165) is 11.0 Å². The number of carboxylic acids is 1. The summed E-state index contributed by atoms with van der Waals surface area (Å²) >= 11 is 0. The fraction of sp³-hybridized carbons (Fsp3) is 0.214. The lowest BCUT2D eigenvalue weighted by Gasteiger charge is -2.26. The number of fused-ring (bicyclic) bond motifs is 1. The monoisotopic (exact) mass is 259 g/mol. The summed E-state index contributed by atoms with van der Waals surface area (Å²) in [6.45, 7) is 1.59. The van der Waals surface area contributed by atoms with Gasteiger partial charge in [-0.3, -0.25) is 14.5 Å². The predicted octanol–water partition coefficient (Wildman–Crippen LogP) is 1.24. The van der Waals surface area contributed by atoms with Crippen LogP contribution in [0.3, 0.4) is 0 Å². The Morgan fingerprint density at radius 3 is 2.74 bits per heavy atom. The lowest BCUT2D eigenvalue weighted by Crippen LogP contribution is -2.43. The molecule has 0 aliphatic carbocycles. The first-order valence-corrected chi connectivity index (χ1v) is 5.81. The van der Waals surface area contributed by atoms with Crippen LogP contribution in [0.4, 0.5) is 0 Å². The molecule has 19 heavy (non-hydrogen) atoms. The van der Waals surface area contributed by atoms with Crippen LogP contribution in [0.25, 0.3) is 0 Å². The van der Waals surface area contributed by atoms with Gasteiger partial charge in [0.05, 0.1) is 13.0 Å². The van der Waals surface area contributed by atoms with Gasteiger partial charge in [-0.25, -0.2) is 4.79 Å². The summed E-state index contributed by atoms with van der Waals surface area (Å²) in [5.74, 6) is -1.76. The standard InChI is InChI=1S/C14H13NO4/c1-9(6-13(17)18)8-15-12(16)7-10-4-2-3-5-11(10)14(15)19/h2-6H,7-8H2,1H3,(H,17,18)/b9-6+. The van der Waals surface area contributed by atoms with E-state index < -0.39 is 5.97 Å². The van der Waals surface area contributed by atoms with Gasteiger partial charge in [-0.15, -0.1) is 0 Å². The first-order chi connectivity index (χ1) is 8.99. The predicted molar refractivity (Wildman–Crippen MR) is 67.6 cm³/mol. The number of aliphatic carboxylic acids is 1. The Bertz CT molecular complexity index is 589. The molecule has 1 aliphatic rings. The third kappa shape index (κ3) is 2.70. The van der Waals surface area contributed by atoms with Crippen LogP contribution < -0.4 is 0 Å². The Hall–Kier alpha value is -2.43. The summed E-state index contributed by atoms with van der Waals surface area (Å²) in [4.78, 5) is 35.7. The summed E-state index contributed by atoms with van der Waals surface area (Å²) < 4.78 is 0. The van der Waals surface area contributed by atoms with E-state index in [4.69, 9.17) is 5.11 Å². The molecule has 0 saturated carbocycles. The molecular formula is C14H13NO4. The Morgan fingerprint density at radius 1 is 1.37 bits per heavy atom. The lowest BCUT2D eigenvalue weighted by molar-refractivity contribution is -0.132. The number of carbonyl (C=O) groups is 3. The molecular weight excluding hydrogens is 246 g/mol. The van der Waals surface area contributed by atoms with Gasteiger partial charge in [0.1, 0.15) is 0 Å². The molecule has 2 rings (SSSR count). The second-order valence-corrected chi connectivity index (χ2v) is 4.45. The van der Waals surface area contributed by atoms with E-state index in [1.165, 1.54) is 0 Å². The van der Waals surface area contributed by atoms with Crippen molar-refractivity contribution in [2.45, 2.75) is 13.3 Å². The van der Waals surface area contributed by atoms with Gasteiger partial charge in [0.15, 0.2) is 0 Å². The van der Waals surface area contributed by atoms with Gasteiger partial charge >= 0.3 is 5.97 Å². The molecule has 1 aromatic rings. The van der Waals surface area contributed by atoms with Gasteiger partial charge in [-0.2, -0.15) is 0 Å². The minimum atomic E-state index is -1.09. The van der Waals surface area contributed by atoms with Gasteiger partial charge in [0, 0.05) is 11.6 Å². The molecule has 0 spiro atoms. The fourth-order valence-electron chi connectivity index (χ4n) is 2.07. The smallest absolute Gasteiger partial charge is 0.328 e. The molecule has 1 aromatic carbocycles. The highest BCUT2D eigenvalue weighted by molar-refractivity contribution is 6.09. The molecule has 98 valence electrons. The van der Waals surface area contributed by atoms with Crippen molar-refractivity contribution >= 4 is 17.8 Å². The Labute approximate surface area is 110 Å². The van der Waals surface area contributed by atoms with Crippen molar-refractivity contribution < 1.29 is 19.5 Å². The highest BCUT2D eigenvalue weighted by Gasteiger charge is 2.30. The van der Waals surface area contributed by atoms with Crippen LogP contribution >= 0.6 is 0 Å². The normalized spacial score (nSPS) is 15.4. The minimum Gasteiger partial charge on any atom is -0.478 e. The second kappa shape index (κ2) is 5.06. The van der Waals surface area contributed by atoms with Crippen molar-refractivity contribution in [1.82, 2.24) is 4.90 Å². The third-order valence-corrected chi connectivity index (χ3v) is 2.91. The molecule has 0 saturated heterocycles. The average molecular weight is 259 g/mol. The first-order valence-electron chi connectivity index (χ1n) is 5.81. The number of imide groups is 1. The van der Waals surface area contributed by atoms with E-state index >= 15 is 0 Å². The van der Waals surface area contributed by atoms with Crippen LogP contribution in [0, 0.1) is 0 Å². The summed E-state index contributed by atoms with van der Waals surface area (Å²) in [7, 11) is 0. The molecule has 0 radical (unpaired) electrons. The van der Waals surface area contributed by atoms with Crippen molar-refractivity contribution in [1.29, 1.82) is 0 Å². The summed E-state index contributed by atoms with van der Waals surface area (Å²) in [5, 5.41) is 8.64. The number of carbonyl (C=O) groups excluding carboxylic acids is 2. The van der Waals surface area contributed by atoms with Crippen LogP contribution in [0.15, 0.2) is 35.9 Å². The van der Waals surface area contributed by atoms with Crippen LogP contribution in [0.5, 0.6) is 0 Å². The molecule has 0 bridgehead atoms. The van der Waals surface area contributed by atoms with Crippen LogP contribution in [-0.2, 0) is 16.0 Å². The van der Waals surface area contributed by atoms with Gasteiger partial charge in [0.2, 0.25) is 5.91 Å². The third-order valence-electron chi connectivity index (χ3n) is 2.91. The van der Waals surface area contributed by atoms with Crippen molar-refractivity contribution in [2.24, 2.45) is 0 Å². The number of hydrogen-bond donors (Lipinski definition) is 1. The second-order valence-electron chi connectivity index (χ2n) is 4.45. The maximum Gasteiger partial charge on any atom is 0.328 e. The van der Waals surface area contributed by atoms with E-state index in [-0.39, 0.29) is 24.8 Å². The van der Waals surface area contributed by atoms with Gasteiger partial charge in [-0.1, -0.05) is 18.2 Å². The number of amides is 2. The fourth-order valence-corrected chi connectivity index (χ4v) is 2.07. The SMILES string of the molecule is C/C(=C\C(=O)O)CN1C(=O)Cc2ccccc2C1=O. The topological polar surface area (TPSA) is 74.7 Å². The summed E-state index contributed by atoms with van der Waals surface area (Å²) in [5.41, 5.74) is 1.67. The molecule has 0 atom stereocenters. The molecule has 0 unspecified atom stereocenters. The molecule has 1 heterocycles. The maximum atomic E-state index is 12.2. The zero-order valence-corrected chi connectivity index (χ0v) is 10.4. The number of hydrogen-bond acceptors (Lipinski definition) is 3. The number of nitrogens with zero attached hydrogens (tertiary/aromatic N) is 1. The molecule has 5 heteroatoms. The highest BCUT2D eigenvalue weighted by atomic mass is 16.4. The lowest BCUT2D eigenvalue weighted by atomic mass is 9.98. The summed E-state index contributed by atoms with van der Waals surface area (Å²) in [6, 6.07) is 6.95. The van der Waals surface area contributed by atoms with Crippen LogP contribution in [0.1, 0.15) is 22.8 Å². The van der Waals surface area contributed by atoms with Crippen molar-refractivity contribution in [3.63, 3.8) is 0 Å². The van der Waals surface area contributed by atoms with Crippen molar-refractivity contribution in [3.05, 3.63) is 47.0 Å². The molecule has 0 fully saturated rings. The van der Waals surface area contributed by atoms with E-state index in [9.17, 15) is 14.4 Å². The Balaban J connectivity index is 2.27. The van der Waals surface area contributed by atoms with Crippen LogP contribution in [0.2, 0.25) is 0 Å². The van der Waals surface area contributed by atoms with Crippen molar-refractivity contribution in [2.75, 3.05) is 6.54 Å². The zero-order chi connectivity index (χ0) is 14.0. The molecule has 2 amide bonds. The Kier molecular flexibility index (Phi) is 3.46. The van der Waals surface area contributed by atoms with E-state index in [0.29, 0.717) is 16.7 Å². The van der Waals surface area contributed by atoms with Crippen LogP contribution in [-0.4, -0.2) is 34.3 Å². The molecule has 0 aromatic heterocycles.